The van der Waals surface area contributed by atoms with E-state index in [1.54, 1.807) is 30.6 Å². The van der Waals surface area contributed by atoms with Gasteiger partial charge in [0.25, 0.3) is 5.91 Å². The Kier molecular flexibility index (Phi) is 7.21. The van der Waals surface area contributed by atoms with Crippen molar-refractivity contribution < 1.29 is 14.6 Å². The lowest BCUT2D eigenvalue weighted by molar-refractivity contribution is 0.0910. The molecular formula is C27H26N4O3. The zero-order chi connectivity index (χ0) is 23.9. The number of H-pyrrole nitrogens is 1. The molecule has 2 aromatic carbocycles. The van der Waals surface area contributed by atoms with Crippen LogP contribution in [-0.2, 0) is 6.42 Å². The summed E-state index contributed by atoms with van der Waals surface area (Å²) in [5.74, 6) is 6.17. The van der Waals surface area contributed by atoms with Gasteiger partial charge in [0, 0.05) is 35.1 Å². The molecule has 0 aliphatic carbocycles. The van der Waals surface area contributed by atoms with E-state index in [0.717, 1.165) is 16.5 Å². The van der Waals surface area contributed by atoms with Crippen molar-refractivity contribution in [3.8, 4) is 17.6 Å². The average molecular weight is 455 g/mol. The Bertz CT molecular complexity index is 1340. The number of carbonyl (C=O) groups excluding carboxylic acids is 1. The first-order chi connectivity index (χ1) is 16.5. The standard InChI is InChI=1S/C27H26N4O3/c1-18(2)34-26-10-9-19(7-8-20-13-28-17-29-14-20)11-24(26)27(33)31-22(16-32)12-21-15-30-25-6-4-3-5-23(21)25/h3-6,9-11,13-15,17-18,22,30,32H,12,16H2,1-2H3,(H,31,33). The topological polar surface area (TPSA) is 100 Å². The molecular weight excluding hydrogens is 428 g/mol. The summed E-state index contributed by atoms with van der Waals surface area (Å²) in [6, 6.07) is 12.7. The van der Waals surface area contributed by atoms with Crippen molar-refractivity contribution in [2.24, 2.45) is 0 Å². The molecule has 34 heavy (non-hydrogen) atoms. The number of aliphatic hydroxyl groups excluding tert-OH is 1. The van der Waals surface area contributed by atoms with Gasteiger partial charge in [-0.2, -0.15) is 0 Å². The van der Waals surface area contributed by atoms with Gasteiger partial charge in [-0.3, -0.25) is 4.79 Å². The minimum atomic E-state index is -0.463. The monoisotopic (exact) mass is 454 g/mol. The molecule has 0 radical (unpaired) electrons. The van der Waals surface area contributed by atoms with Gasteiger partial charge in [-0.1, -0.05) is 30.0 Å². The van der Waals surface area contributed by atoms with Crippen LogP contribution in [0.3, 0.4) is 0 Å². The lowest BCUT2D eigenvalue weighted by Gasteiger charge is -2.19. The van der Waals surface area contributed by atoms with Crippen LogP contribution in [0.5, 0.6) is 5.75 Å². The summed E-state index contributed by atoms with van der Waals surface area (Å²) in [5, 5.41) is 14.0. The fourth-order valence-corrected chi connectivity index (χ4v) is 3.64. The van der Waals surface area contributed by atoms with Crippen molar-refractivity contribution >= 4 is 16.8 Å². The molecule has 4 aromatic rings. The Morgan fingerprint density at radius 1 is 1.12 bits per heavy atom. The molecule has 1 unspecified atom stereocenters. The number of carbonyl (C=O) groups is 1. The van der Waals surface area contributed by atoms with E-state index >= 15 is 0 Å². The van der Waals surface area contributed by atoms with Crippen LogP contribution in [0.1, 0.15) is 40.9 Å². The Morgan fingerprint density at radius 3 is 2.65 bits per heavy atom. The summed E-state index contributed by atoms with van der Waals surface area (Å²) in [6.07, 6.45) is 6.99. The largest absolute Gasteiger partial charge is 0.490 e. The zero-order valence-electron chi connectivity index (χ0n) is 19.1. The molecule has 1 amide bonds. The molecule has 0 aliphatic rings. The number of hydrogen-bond acceptors (Lipinski definition) is 5. The van der Waals surface area contributed by atoms with Crippen molar-refractivity contribution in [2.45, 2.75) is 32.4 Å². The molecule has 0 spiro atoms. The van der Waals surface area contributed by atoms with Gasteiger partial charge in [0.1, 0.15) is 12.1 Å². The van der Waals surface area contributed by atoms with Crippen LogP contribution in [0, 0.1) is 11.8 Å². The molecule has 0 bridgehead atoms. The molecule has 0 saturated carbocycles. The van der Waals surface area contributed by atoms with Crippen molar-refractivity contribution in [3.63, 3.8) is 0 Å². The second kappa shape index (κ2) is 10.6. The van der Waals surface area contributed by atoms with E-state index in [-0.39, 0.29) is 18.6 Å². The van der Waals surface area contributed by atoms with Gasteiger partial charge in [-0.15, -0.1) is 0 Å². The fraction of sp³-hybridized carbons (Fsp3) is 0.222. The predicted octanol–water partition coefficient (Wildman–Crippen LogP) is 3.48. The number of hydrogen-bond donors (Lipinski definition) is 3. The van der Waals surface area contributed by atoms with Crippen LogP contribution in [0.2, 0.25) is 0 Å². The predicted molar refractivity (Wildman–Crippen MR) is 131 cm³/mol. The number of aliphatic hydroxyl groups is 1. The summed E-state index contributed by atoms with van der Waals surface area (Å²) in [6.45, 7) is 3.61. The minimum absolute atomic E-state index is 0.107. The van der Waals surface area contributed by atoms with E-state index in [1.165, 1.54) is 6.33 Å². The van der Waals surface area contributed by atoms with Crippen LogP contribution in [0.25, 0.3) is 10.9 Å². The highest BCUT2D eigenvalue weighted by Crippen LogP contribution is 2.23. The number of benzene rings is 2. The number of fused-ring (bicyclic) bond motifs is 1. The van der Waals surface area contributed by atoms with E-state index in [1.807, 2.05) is 44.3 Å². The number of aromatic amines is 1. The first-order valence-corrected chi connectivity index (χ1v) is 11.1. The summed E-state index contributed by atoms with van der Waals surface area (Å²) in [5.41, 5.74) is 3.74. The Hall–Kier alpha value is -4.15. The molecule has 1 atom stereocenters. The minimum Gasteiger partial charge on any atom is -0.490 e. The van der Waals surface area contributed by atoms with Crippen molar-refractivity contribution in [3.05, 3.63) is 89.6 Å². The van der Waals surface area contributed by atoms with Gasteiger partial charge in [0.15, 0.2) is 0 Å². The van der Waals surface area contributed by atoms with Gasteiger partial charge in [0.05, 0.1) is 29.9 Å². The third-order valence-corrected chi connectivity index (χ3v) is 5.20. The van der Waals surface area contributed by atoms with Crippen LogP contribution in [-0.4, -0.2) is 44.7 Å². The maximum atomic E-state index is 13.3. The average Bonchev–Trinajstić information content (AvgIpc) is 3.26. The maximum absolute atomic E-state index is 13.3. The summed E-state index contributed by atoms with van der Waals surface area (Å²) < 4.78 is 5.87. The van der Waals surface area contributed by atoms with Crippen LogP contribution in [0.4, 0.5) is 0 Å². The normalized spacial score (nSPS) is 11.6. The van der Waals surface area contributed by atoms with E-state index in [4.69, 9.17) is 4.74 Å². The highest BCUT2D eigenvalue weighted by atomic mass is 16.5. The molecule has 7 nitrogen and oxygen atoms in total. The lowest BCUT2D eigenvalue weighted by atomic mass is 10.0. The third kappa shape index (κ3) is 5.61. The zero-order valence-corrected chi connectivity index (χ0v) is 19.1. The number of aromatic nitrogens is 3. The first kappa shape index (κ1) is 23.0. The van der Waals surface area contributed by atoms with Gasteiger partial charge in [-0.25, -0.2) is 9.97 Å². The Labute approximate surface area is 198 Å². The number of amides is 1. The second-order valence-corrected chi connectivity index (χ2v) is 8.17. The summed E-state index contributed by atoms with van der Waals surface area (Å²) >= 11 is 0. The van der Waals surface area contributed by atoms with Crippen molar-refractivity contribution in [1.29, 1.82) is 0 Å². The van der Waals surface area contributed by atoms with Crippen molar-refractivity contribution in [2.75, 3.05) is 6.61 Å². The van der Waals surface area contributed by atoms with Gasteiger partial charge in [-0.05, 0) is 50.1 Å². The quantitative estimate of drug-likeness (QED) is 0.371. The number of para-hydroxylation sites is 1. The molecule has 172 valence electrons. The molecule has 3 N–H and O–H groups in total. The van der Waals surface area contributed by atoms with E-state index in [2.05, 4.69) is 32.1 Å². The molecule has 2 aromatic heterocycles. The van der Waals surface area contributed by atoms with E-state index < -0.39 is 6.04 Å². The molecule has 0 saturated heterocycles. The summed E-state index contributed by atoms with van der Waals surface area (Å²) in [4.78, 5) is 24.4. The molecule has 2 heterocycles. The van der Waals surface area contributed by atoms with Gasteiger partial charge >= 0.3 is 0 Å². The van der Waals surface area contributed by atoms with Crippen LogP contribution >= 0.6 is 0 Å². The fourth-order valence-electron chi connectivity index (χ4n) is 3.64. The maximum Gasteiger partial charge on any atom is 0.255 e. The van der Waals surface area contributed by atoms with E-state index in [0.29, 0.717) is 28.9 Å². The highest BCUT2D eigenvalue weighted by Gasteiger charge is 2.19. The number of rotatable bonds is 7. The van der Waals surface area contributed by atoms with Gasteiger partial charge < -0.3 is 20.1 Å². The lowest BCUT2D eigenvalue weighted by Crippen LogP contribution is -2.39. The number of ether oxygens (including phenoxy) is 1. The van der Waals surface area contributed by atoms with Crippen LogP contribution < -0.4 is 10.1 Å². The second-order valence-electron chi connectivity index (χ2n) is 8.17. The number of nitrogens with one attached hydrogen (secondary N) is 2. The molecule has 0 aliphatic heterocycles. The summed E-state index contributed by atoms with van der Waals surface area (Å²) in [7, 11) is 0. The SMILES string of the molecule is CC(C)Oc1ccc(C#Cc2cncnc2)cc1C(=O)NC(CO)Cc1c[nH]c2ccccc12. The van der Waals surface area contributed by atoms with E-state index in [9.17, 15) is 9.90 Å². The highest BCUT2D eigenvalue weighted by molar-refractivity contribution is 5.97. The van der Waals surface area contributed by atoms with Gasteiger partial charge in [0.2, 0.25) is 0 Å². The first-order valence-electron chi connectivity index (χ1n) is 11.1. The molecule has 4 rings (SSSR count). The molecule has 0 fully saturated rings. The Morgan fingerprint density at radius 2 is 1.88 bits per heavy atom. The third-order valence-electron chi connectivity index (χ3n) is 5.20. The molecule has 7 heteroatoms. The number of nitrogens with zero attached hydrogens (tertiary/aromatic N) is 2. The van der Waals surface area contributed by atoms with Crippen molar-refractivity contribution in [1.82, 2.24) is 20.3 Å². The smallest absolute Gasteiger partial charge is 0.255 e. The Balaban J connectivity index is 1.57. The van der Waals surface area contributed by atoms with Crippen LogP contribution in [0.15, 0.2) is 67.4 Å².